The molecule has 0 aromatic heterocycles. The fraction of sp³-hybridized carbons (Fsp3) is 0.500. The molecule has 1 aliphatic rings. The number of ether oxygens (including phenoxy) is 1. The Morgan fingerprint density at radius 1 is 1.30 bits per heavy atom. The van der Waals surface area contributed by atoms with Crippen LogP contribution in [0, 0.1) is 11.6 Å². The van der Waals surface area contributed by atoms with Gasteiger partial charge in [-0.3, -0.25) is 9.59 Å². The van der Waals surface area contributed by atoms with Gasteiger partial charge in [0.05, 0.1) is 5.60 Å². The summed E-state index contributed by atoms with van der Waals surface area (Å²) in [7, 11) is 1.52. The lowest BCUT2D eigenvalue weighted by Crippen LogP contribution is -2.51. The van der Waals surface area contributed by atoms with Gasteiger partial charge >= 0.3 is 0 Å². The van der Waals surface area contributed by atoms with Crippen molar-refractivity contribution in [2.24, 2.45) is 5.73 Å². The number of halogens is 2. The topological polar surface area (TPSA) is 72.6 Å². The number of amides is 2. The summed E-state index contributed by atoms with van der Waals surface area (Å²) >= 11 is 0. The maximum atomic E-state index is 13.3. The highest BCUT2D eigenvalue weighted by Gasteiger charge is 2.37. The molecule has 1 saturated heterocycles. The van der Waals surface area contributed by atoms with E-state index in [0.717, 1.165) is 18.2 Å². The number of hydrogen-bond acceptors (Lipinski definition) is 3. The van der Waals surface area contributed by atoms with Crippen molar-refractivity contribution < 1.29 is 23.1 Å². The third kappa shape index (κ3) is 4.25. The molecule has 0 saturated carbocycles. The van der Waals surface area contributed by atoms with Crippen molar-refractivity contribution in [2.75, 3.05) is 20.2 Å². The molecule has 1 fully saturated rings. The van der Waals surface area contributed by atoms with E-state index >= 15 is 0 Å². The number of carbonyl (C=O) groups is 2. The minimum atomic E-state index is -0.794. The van der Waals surface area contributed by atoms with Crippen LogP contribution in [0.1, 0.15) is 36.0 Å². The Morgan fingerprint density at radius 3 is 2.52 bits per heavy atom. The van der Waals surface area contributed by atoms with Gasteiger partial charge in [0.25, 0.3) is 5.91 Å². The summed E-state index contributed by atoms with van der Waals surface area (Å²) in [5, 5.41) is 0. The van der Waals surface area contributed by atoms with E-state index in [1.807, 2.05) is 0 Å². The van der Waals surface area contributed by atoms with Gasteiger partial charge in [0.1, 0.15) is 11.6 Å². The van der Waals surface area contributed by atoms with E-state index in [1.54, 1.807) is 0 Å². The van der Waals surface area contributed by atoms with Crippen molar-refractivity contribution in [3.05, 3.63) is 35.4 Å². The predicted octanol–water partition coefficient (Wildman–Crippen LogP) is 1.85. The molecule has 5 nitrogen and oxygen atoms in total. The predicted molar refractivity (Wildman–Crippen MR) is 79.7 cm³/mol. The van der Waals surface area contributed by atoms with Gasteiger partial charge in [0.15, 0.2) is 0 Å². The zero-order chi connectivity index (χ0) is 17.0. The van der Waals surface area contributed by atoms with Gasteiger partial charge in [-0.2, -0.15) is 0 Å². The second kappa shape index (κ2) is 7.04. The van der Waals surface area contributed by atoms with Gasteiger partial charge in [-0.05, 0) is 31.4 Å². The number of nitrogens with two attached hydrogens (primary N) is 1. The number of methoxy groups -OCH3 is 1. The Morgan fingerprint density at radius 2 is 1.96 bits per heavy atom. The fourth-order valence-corrected chi connectivity index (χ4v) is 2.96. The van der Waals surface area contributed by atoms with Crippen LogP contribution in [0.25, 0.3) is 0 Å². The molecule has 0 bridgehead atoms. The highest BCUT2D eigenvalue weighted by molar-refractivity contribution is 5.94. The average molecular weight is 326 g/mol. The SMILES string of the molecule is COC1(CCC(N)=O)CCCN(C(=O)c2cc(F)cc(F)c2)C1. The van der Waals surface area contributed by atoms with Crippen LogP contribution in [0.15, 0.2) is 18.2 Å². The quantitative estimate of drug-likeness (QED) is 0.897. The summed E-state index contributed by atoms with van der Waals surface area (Å²) in [6, 6.07) is 2.75. The molecule has 0 spiro atoms. The van der Waals surface area contributed by atoms with Crippen LogP contribution in [0.5, 0.6) is 0 Å². The van der Waals surface area contributed by atoms with Crippen molar-refractivity contribution in [3.63, 3.8) is 0 Å². The average Bonchev–Trinajstić information content (AvgIpc) is 2.51. The van der Waals surface area contributed by atoms with Gasteiger partial charge in [0, 0.05) is 38.2 Å². The van der Waals surface area contributed by atoms with Gasteiger partial charge in [-0.15, -0.1) is 0 Å². The molecule has 1 aromatic rings. The number of rotatable bonds is 5. The van der Waals surface area contributed by atoms with Crippen molar-refractivity contribution in [1.82, 2.24) is 4.90 Å². The highest BCUT2D eigenvalue weighted by atomic mass is 19.1. The molecular weight excluding hydrogens is 306 g/mol. The van der Waals surface area contributed by atoms with E-state index in [9.17, 15) is 18.4 Å². The first-order valence-electron chi connectivity index (χ1n) is 7.44. The second-order valence-corrected chi connectivity index (χ2v) is 5.84. The number of benzene rings is 1. The van der Waals surface area contributed by atoms with Crippen molar-refractivity contribution in [2.45, 2.75) is 31.3 Å². The number of primary amides is 1. The molecule has 7 heteroatoms. The Bertz CT molecular complexity index is 589. The Kier molecular flexibility index (Phi) is 5.30. The molecule has 0 radical (unpaired) electrons. The number of likely N-dealkylation sites (tertiary alicyclic amines) is 1. The van der Waals surface area contributed by atoms with E-state index in [4.69, 9.17) is 10.5 Å². The zero-order valence-electron chi connectivity index (χ0n) is 13.0. The van der Waals surface area contributed by atoms with Crippen LogP contribution < -0.4 is 5.73 Å². The number of piperidine rings is 1. The molecule has 1 aliphatic heterocycles. The lowest BCUT2D eigenvalue weighted by Gasteiger charge is -2.42. The van der Waals surface area contributed by atoms with Gasteiger partial charge in [-0.1, -0.05) is 0 Å². The number of hydrogen-bond donors (Lipinski definition) is 1. The molecule has 2 N–H and O–H groups in total. The van der Waals surface area contributed by atoms with Crippen LogP contribution in [-0.2, 0) is 9.53 Å². The zero-order valence-corrected chi connectivity index (χ0v) is 13.0. The summed E-state index contributed by atoms with van der Waals surface area (Å²) in [6.07, 6.45) is 1.93. The van der Waals surface area contributed by atoms with E-state index in [1.165, 1.54) is 12.0 Å². The number of carbonyl (C=O) groups excluding carboxylic acids is 2. The fourth-order valence-electron chi connectivity index (χ4n) is 2.96. The molecule has 1 unspecified atom stereocenters. The smallest absolute Gasteiger partial charge is 0.254 e. The van der Waals surface area contributed by atoms with Gasteiger partial charge in [0.2, 0.25) is 5.91 Å². The highest BCUT2D eigenvalue weighted by Crippen LogP contribution is 2.30. The molecule has 2 rings (SSSR count). The van der Waals surface area contributed by atoms with Crippen LogP contribution in [0.4, 0.5) is 8.78 Å². The van der Waals surface area contributed by atoms with Crippen LogP contribution in [0.3, 0.4) is 0 Å². The Balaban J connectivity index is 2.15. The molecule has 23 heavy (non-hydrogen) atoms. The normalized spacial score (nSPS) is 21.3. The molecule has 2 amide bonds. The maximum absolute atomic E-state index is 13.3. The van der Waals surface area contributed by atoms with Crippen LogP contribution >= 0.6 is 0 Å². The van der Waals surface area contributed by atoms with Crippen molar-refractivity contribution in [3.8, 4) is 0 Å². The summed E-state index contributed by atoms with van der Waals surface area (Å²) in [5.41, 5.74) is 4.49. The van der Waals surface area contributed by atoms with Gasteiger partial charge < -0.3 is 15.4 Å². The Hall–Kier alpha value is -2.02. The minimum absolute atomic E-state index is 0.0377. The largest absolute Gasteiger partial charge is 0.376 e. The Labute approximate surface area is 133 Å². The van der Waals surface area contributed by atoms with Gasteiger partial charge in [-0.25, -0.2) is 8.78 Å². The molecule has 126 valence electrons. The molecule has 1 heterocycles. The first-order chi connectivity index (χ1) is 10.8. The monoisotopic (exact) mass is 326 g/mol. The third-order valence-corrected chi connectivity index (χ3v) is 4.20. The standard InChI is InChI=1S/C16H20F2N2O3/c1-23-16(5-3-14(19)21)4-2-6-20(10-16)15(22)11-7-12(17)9-13(18)8-11/h7-9H,2-6,10H2,1H3,(H2,19,21). The minimum Gasteiger partial charge on any atom is -0.376 e. The lowest BCUT2D eigenvalue weighted by molar-refractivity contribution is -0.121. The second-order valence-electron chi connectivity index (χ2n) is 5.84. The third-order valence-electron chi connectivity index (χ3n) is 4.20. The van der Waals surface area contributed by atoms with E-state index < -0.39 is 29.0 Å². The van der Waals surface area contributed by atoms with E-state index in [0.29, 0.717) is 25.8 Å². The summed E-state index contributed by atoms with van der Waals surface area (Å²) in [6.45, 7) is 0.729. The maximum Gasteiger partial charge on any atom is 0.254 e. The molecule has 1 aromatic carbocycles. The first-order valence-corrected chi connectivity index (χ1v) is 7.44. The molecule has 1 atom stereocenters. The summed E-state index contributed by atoms with van der Waals surface area (Å²) in [4.78, 5) is 25.0. The molecular formula is C16H20F2N2O3. The van der Waals surface area contributed by atoms with Crippen molar-refractivity contribution in [1.29, 1.82) is 0 Å². The van der Waals surface area contributed by atoms with Crippen LogP contribution in [0.2, 0.25) is 0 Å². The first kappa shape index (κ1) is 17.3. The van der Waals surface area contributed by atoms with E-state index in [-0.39, 0.29) is 18.5 Å². The molecule has 0 aliphatic carbocycles. The lowest BCUT2D eigenvalue weighted by atomic mass is 9.87. The van der Waals surface area contributed by atoms with Crippen LogP contribution in [-0.4, -0.2) is 42.5 Å². The summed E-state index contributed by atoms with van der Waals surface area (Å²) < 4.78 is 32.1. The number of nitrogens with zero attached hydrogens (tertiary/aromatic N) is 1. The van der Waals surface area contributed by atoms with E-state index in [2.05, 4.69) is 0 Å². The van der Waals surface area contributed by atoms with Crippen molar-refractivity contribution >= 4 is 11.8 Å². The summed E-state index contributed by atoms with van der Waals surface area (Å²) in [5.74, 6) is -2.48.